The Bertz CT molecular complexity index is 283. The van der Waals surface area contributed by atoms with Crippen molar-refractivity contribution >= 4 is 11.3 Å². The summed E-state index contributed by atoms with van der Waals surface area (Å²) in [6.07, 6.45) is 0. The van der Waals surface area contributed by atoms with Crippen molar-refractivity contribution in [1.29, 1.82) is 0 Å². The fourth-order valence-electron chi connectivity index (χ4n) is 1.63. The summed E-state index contributed by atoms with van der Waals surface area (Å²) in [4.78, 5) is 2.92. The molecule has 0 saturated carbocycles. The summed E-state index contributed by atoms with van der Waals surface area (Å²) in [5.74, 6) is 0.858. The van der Waals surface area contributed by atoms with E-state index in [2.05, 4.69) is 30.5 Å². The molecule has 2 rings (SSSR count). The van der Waals surface area contributed by atoms with Gasteiger partial charge in [0, 0.05) is 35.9 Å². The lowest BCUT2D eigenvalue weighted by molar-refractivity contribution is 0.331. The van der Waals surface area contributed by atoms with Gasteiger partial charge in [0.2, 0.25) is 0 Å². The van der Waals surface area contributed by atoms with E-state index in [9.17, 15) is 0 Å². The summed E-state index contributed by atoms with van der Waals surface area (Å²) in [5, 5.41) is 6.80. The average molecular weight is 210 g/mol. The zero-order valence-electron chi connectivity index (χ0n) is 8.89. The zero-order chi connectivity index (χ0) is 9.97. The number of thiophene rings is 1. The second kappa shape index (κ2) is 4.43. The highest BCUT2D eigenvalue weighted by Crippen LogP contribution is 2.20. The normalized spacial score (nSPS) is 17.0. The third kappa shape index (κ3) is 2.35. The molecule has 78 valence electrons. The van der Waals surface area contributed by atoms with Gasteiger partial charge in [-0.25, -0.2) is 0 Å². The molecule has 14 heavy (non-hydrogen) atoms. The molecule has 1 fully saturated rings. The Morgan fingerprint density at radius 3 is 2.79 bits per heavy atom. The Balaban J connectivity index is 1.74. The van der Waals surface area contributed by atoms with Crippen molar-refractivity contribution in [1.82, 2.24) is 10.6 Å². The highest BCUT2D eigenvalue weighted by Gasteiger charge is 2.15. The third-order valence-corrected chi connectivity index (χ3v) is 3.97. The molecule has 1 aromatic rings. The van der Waals surface area contributed by atoms with E-state index in [-0.39, 0.29) is 0 Å². The molecule has 0 bridgehead atoms. The van der Waals surface area contributed by atoms with E-state index in [1.807, 2.05) is 11.3 Å². The van der Waals surface area contributed by atoms with Crippen molar-refractivity contribution in [2.75, 3.05) is 19.6 Å². The minimum Gasteiger partial charge on any atom is -0.316 e. The van der Waals surface area contributed by atoms with Crippen LogP contribution in [0.1, 0.15) is 15.3 Å². The van der Waals surface area contributed by atoms with Crippen LogP contribution in [0.4, 0.5) is 0 Å². The molecule has 0 atom stereocenters. The Labute approximate surface area is 89.7 Å². The van der Waals surface area contributed by atoms with Crippen LogP contribution in [0.3, 0.4) is 0 Å². The first-order chi connectivity index (χ1) is 6.75. The lowest BCUT2D eigenvalue weighted by Gasteiger charge is -2.27. The maximum absolute atomic E-state index is 3.51. The molecule has 0 unspecified atom stereocenters. The van der Waals surface area contributed by atoms with Crippen molar-refractivity contribution in [3.05, 3.63) is 21.4 Å². The van der Waals surface area contributed by atoms with Crippen LogP contribution in [0.5, 0.6) is 0 Å². The summed E-state index contributed by atoms with van der Waals surface area (Å²) >= 11 is 1.91. The maximum Gasteiger partial charge on any atom is 0.0300 e. The van der Waals surface area contributed by atoms with Crippen molar-refractivity contribution in [3.8, 4) is 0 Å². The molecular weight excluding hydrogens is 192 g/mol. The Morgan fingerprint density at radius 2 is 2.29 bits per heavy atom. The SMILES string of the molecule is Cc1cc(CNCC2CNC2)sc1C. The predicted octanol–water partition coefficient (Wildman–Crippen LogP) is 1.67. The zero-order valence-corrected chi connectivity index (χ0v) is 9.71. The van der Waals surface area contributed by atoms with E-state index in [4.69, 9.17) is 0 Å². The van der Waals surface area contributed by atoms with Gasteiger partial charge in [-0.1, -0.05) is 0 Å². The lowest BCUT2D eigenvalue weighted by atomic mass is 10.0. The summed E-state index contributed by atoms with van der Waals surface area (Å²) in [6, 6.07) is 2.30. The van der Waals surface area contributed by atoms with Crippen molar-refractivity contribution in [2.45, 2.75) is 20.4 Å². The Morgan fingerprint density at radius 1 is 1.50 bits per heavy atom. The van der Waals surface area contributed by atoms with Gasteiger partial charge in [0.05, 0.1) is 0 Å². The van der Waals surface area contributed by atoms with E-state index in [0.717, 1.165) is 19.0 Å². The smallest absolute Gasteiger partial charge is 0.0300 e. The molecule has 2 N–H and O–H groups in total. The van der Waals surface area contributed by atoms with Gasteiger partial charge in [-0.2, -0.15) is 0 Å². The van der Waals surface area contributed by atoms with E-state index in [1.54, 1.807) is 0 Å². The highest BCUT2D eigenvalue weighted by atomic mass is 32.1. The summed E-state index contributed by atoms with van der Waals surface area (Å²) < 4.78 is 0. The molecule has 0 aromatic carbocycles. The predicted molar refractivity (Wildman–Crippen MR) is 61.9 cm³/mol. The topological polar surface area (TPSA) is 24.1 Å². The summed E-state index contributed by atoms with van der Waals surface area (Å²) in [7, 11) is 0. The van der Waals surface area contributed by atoms with Crippen molar-refractivity contribution in [2.24, 2.45) is 5.92 Å². The molecule has 2 nitrogen and oxygen atoms in total. The van der Waals surface area contributed by atoms with Gasteiger partial charge >= 0.3 is 0 Å². The van der Waals surface area contributed by atoms with Gasteiger partial charge in [-0.15, -0.1) is 11.3 Å². The molecule has 1 saturated heterocycles. The first-order valence-corrected chi connectivity index (χ1v) is 6.04. The average Bonchev–Trinajstić information content (AvgIpc) is 2.37. The molecule has 0 spiro atoms. The number of nitrogens with one attached hydrogen (secondary N) is 2. The minimum absolute atomic E-state index is 0.858. The largest absolute Gasteiger partial charge is 0.316 e. The highest BCUT2D eigenvalue weighted by molar-refractivity contribution is 7.12. The van der Waals surface area contributed by atoms with Crippen LogP contribution >= 0.6 is 11.3 Å². The molecule has 0 radical (unpaired) electrons. The van der Waals surface area contributed by atoms with Gasteiger partial charge in [-0.05, 0) is 31.4 Å². The monoisotopic (exact) mass is 210 g/mol. The second-order valence-corrected chi connectivity index (χ2v) is 5.45. The molecular formula is C11H18N2S. The van der Waals surface area contributed by atoms with Crippen LogP contribution in [0.2, 0.25) is 0 Å². The van der Waals surface area contributed by atoms with E-state index < -0.39 is 0 Å². The third-order valence-electron chi connectivity index (χ3n) is 2.82. The summed E-state index contributed by atoms with van der Waals surface area (Å²) in [6.45, 7) is 8.95. The van der Waals surface area contributed by atoms with Crippen molar-refractivity contribution < 1.29 is 0 Å². The fourth-order valence-corrected chi connectivity index (χ4v) is 2.65. The van der Waals surface area contributed by atoms with Crippen LogP contribution in [-0.2, 0) is 6.54 Å². The lowest BCUT2D eigenvalue weighted by Crippen LogP contribution is -2.46. The Kier molecular flexibility index (Phi) is 3.21. The van der Waals surface area contributed by atoms with Crippen LogP contribution in [0.15, 0.2) is 6.07 Å². The molecule has 0 aliphatic carbocycles. The van der Waals surface area contributed by atoms with Gasteiger partial charge in [-0.3, -0.25) is 0 Å². The number of rotatable bonds is 4. The van der Waals surface area contributed by atoms with Crippen LogP contribution in [0, 0.1) is 19.8 Å². The van der Waals surface area contributed by atoms with E-state index in [1.165, 1.54) is 28.4 Å². The van der Waals surface area contributed by atoms with E-state index >= 15 is 0 Å². The first-order valence-electron chi connectivity index (χ1n) is 5.23. The van der Waals surface area contributed by atoms with Crippen LogP contribution in [-0.4, -0.2) is 19.6 Å². The van der Waals surface area contributed by atoms with Crippen molar-refractivity contribution in [3.63, 3.8) is 0 Å². The fraction of sp³-hybridized carbons (Fsp3) is 0.636. The van der Waals surface area contributed by atoms with Crippen LogP contribution < -0.4 is 10.6 Å². The van der Waals surface area contributed by atoms with Gasteiger partial charge < -0.3 is 10.6 Å². The molecule has 1 aliphatic heterocycles. The molecule has 2 heterocycles. The van der Waals surface area contributed by atoms with Gasteiger partial charge in [0.25, 0.3) is 0 Å². The molecule has 1 aromatic heterocycles. The standard InChI is InChI=1S/C11H18N2S/c1-8-3-11(14-9(8)2)7-13-6-10-4-12-5-10/h3,10,12-13H,4-7H2,1-2H3. The first kappa shape index (κ1) is 10.1. The summed E-state index contributed by atoms with van der Waals surface area (Å²) in [5.41, 5.74) is 1.43. The molecule has 0 amide bonds. The van der Waals surface area contributed by atoms with Gasteiger partial charge in [0.1, 0.15) is 0 Å². The van der Waals surface area contributed by atoms with E-state index in [0.29, 0.717) is 0 Å². The quantitative estimate of drug-likeness (QED) is 0.790. The molecule has 3 heteroatoms. The maximum atomic E-state index is 3.51. The van der Waals surface area contributed by atoms with Gasteiger partial charge in [0.15, 0.2) is 0 Å². The second-order valence-electron chi connectivity index (χ2n) is 4.11. The number of hydrogen-bond acceptors (Lipinski definition) is 3. The number of hydrogen-bond donors (Lipinski definition) is 2. The minimum atomic E-state index is 0.858. The Hall–Kier alpha value is -0.380. The number of aryl methyl sites for hydroxylation is 2. The molecule has 1 aliphatic rings. The van der Waals surface area contributed by atoms with Crippen LogP contribution in [0.25, 0.3) is 0 Å².